The van der Waals surface area contributed by atoms with Gasteiger partial charge in [0.25, 0.3) is 5.91 Å². The minimum Gasteiger partial charge on any atom is -0.297 e. The van der Waals surface area contributed by atoms with E-state index in [0.717, 1.165) is 39.4 Å². The summed E-state index contributed by atoms with van der Waals surface area (Å²) >= 11 is 2.88. The van der Waals surface area contributed by atoms with Crippen molar-refractivity contribution >= 4 is 43.9 Å². The van der Waals surface area contributed by atoms with Gasteiger partial charge < -0.3 is 0 Å². The van der Waals surface area contributed by atoms with E-state index in [1.54, 1.807) is 0 Å². The van der Waals surface area contributed by atoms with Crippen LogP contribution in [0.25, 0.3) is 10.2 Å². The van der Waals surface area contributed by atoms with Gasteiger partial charge in [-0.05, 0) is 25.3 Å². The van der Waals surface area contributed by atoms with Crippen LogP contribution in [0.2, 0.25) is 0 Å². The first kappa shape index (κ1) is 17.0. The fourth-order valence-corrected chi connectivity index (χ4v) is 4.55. The Morgan fingerprint density at radius 3 is 2.62 bits per heavy atom. The number of amides is 1. The summed E-state index contributed by atoms with van der Waals surface area (Å²) < 4.78 is 0. The van der Waals surface area contributed by atoms with Crippen LogP contribution in [-0.2, 0) is 6.42 Å². The van der Waals surface area contributed by atoms with E-state index >= 15 is 0 Å². The van der Waals surface area contributed by atoms with Crippen LogP contribution in [0.4, 0.5) is 5.13 Å². The fourth-order valence-electron chi connectivity index (χ4n) is 2.53. The van der Waals surface area contributed by atoms with Gasteiger partial charge in [0.05, 0.1) is 10.6 Å². The zero-order chi connectivity index (χ0) is 17.4. The molecule has 0 atom stereocenters. The summed E-state index contributed by atoms with van der Waals surface area (Å²) in [6.07, 6.45) is 0.784. The van der Waals surface area contributed by atoms with Gasteiger partial charge in [-0.15, -0.1) is 22.7 Å². The van der Waals surface area contributed by atoms with E-state index in [1.807, 2.05) is 26.2 Å². The zero-order valence-electron chi connectivity index (χ0n) is 14.4. The van der Waals surface area contributed by atoms with Gasteiger partial charge in [-0.3, -0.25) is 10.1 Å². The maximum Gasteiger partial charge on any atom is 0.267 e. The Kier molecular flexibility index (Phi) is 4.64. The van der Waals surface area contributed by atoms with Crippen molar-refractivity contribution in [1.29, 1.82) is 0 Å². The molecule has 5 nitrogen and oxygen atoms in total. The number of aromatic nitrogens is 3. The van der Waals surface area contributed by atoms with Gasteiger partial charge in [0, 0.05) is 22.9 Å². The first-order chi connectivity index (χ1) is 11.4. The molecule has 24 heavy (non-hydrogen) atoms. The maximum absolute atomic E-state index is 12.7. The van der Waals surface area contributed by atoms with Gasteiger partial charge in [-0.25, -0.2) is 15.0 Å². The van der Waals surface area contributed by atoms with Crippen LogP contribution in [0.3, 0.4) is 0 Å². The topological polar surface area (TPSA) is 67.8 Å². The average Bonchev–Trinajstić information content (AvgIpc) is 3.12. The summed E-state index contributed by atoms with van der Waals surface area (Å²) in [6, 6.07) is 0. The Hall–Kier alpha value is -1.86. The molecule has 0 unspecified atom stereocenters. The monoisotopic (exact) mass is 360 g/mol. The molecule has 0 aliphatic carbocycles. The molecule has 3 heterocycles. The number of thiophene rings is 1. The molecule has 1 amide bonds. The van der Waals surface area contributed by atoms with Crippen LogP contribution in [0.5, 0.6) is 0 Å². The molecule has 0 radical (unpaired) electrons. The Morgan fingerprint density at radius 1 is 1.25 bits per heavy atom. The van der Waals surface area contributed by atoms with E-state index in [-0.39, 0.29) is 5.91 Å². The van der Waals surface area contributed by atoms with Crippen molar-refractivity contribution < 1.29 is 4.79 Å². The molecular formula is C17H20N4OS2. The lowest BCUT2D eigenvalue weighted by atomic mass is 10.1. The van der Waals surface area contributed by atoms with Crippen LogP contribution in [0, 0.1) is 13.8 Å². The molecule has 0 saturated heterocycles. The van der Waals surface area contributed by atoms with Crippen LogP contribution in [0.15, 0.2) is 5.38 Å². The SMILES string of the molecule is CCc1nc(C)c2c(C)c(C(=O)Nc3nc(C(C)C)cs3)sc2n1. The molecule has 7 heteroatoms. The lowest BCUT2D eigenvalue weighted by Crippen LogP contribution is -2.11. The standard InChI is InChI=1S/C17H20N4OS2/c1-6-12-18-10(5)13-9(4)14(24-16(13)20-12)15(22)21-17-19-11(7-23-17)8(2)3/h7-8H,6H2,1-5H3,(H,19,21,22). The molecule has 3 rings (SSSR count). The van der Waals surface area contributed by atoms with Crippen LogP contribution >= 0.6 is 22.7 Å². The van der Waals surface area contributed by atoms with Crippen molar-refractivity contribution in [2.45, 2.75) is 47.0 Å². The number of hydrogen-bond acceptors (Lipinski definition) is 6. The number of nitrogens with zero attached hydrogens (tertiary/aromatic N) is 3. The number of fused-ring (bicyclic) bond motifs is 1. The first-order valence-corrected chi connectivity index (χ1v) is 9.63. The van der Waals surface area contributed by atoms with E-state index in [9.17, 15) is 4.79 Å². The van der Waals surface area contributed by atoms with E-state index in [2.05, 4.69) is 34.1 Å². The fraction of sp³-hybridized carbons (Fsp3) is 0.412. The van der Waals surface area contributed by atoms with Gasteiger partial charge >= 0.3 is 0 Å². The number of carbonyl (C=O) groups excluding carboxylic acids is 1. The molecule has 0 spiro atoms. The Morgan fingerprint density at radius 2 is 2.00 bits per heavy atom. The van der Waals surface area contributed by atoms with E-state index < -0.39 is 0 Å². The second-order valence-corrected chi connectivity index (χ2v) is 7.86. The third kappa shape index (κ3) is 3.06. The number of anilines is 1. The van der Waals surface area contributed by atoms with E-state index in [0.29, 0.717) is 15.9 Å². The Labute approximate surface area is 149 Å². The van der Waals surface area contributed by atoms with Crippen LogP contribution in [-0.4, -0.2) is 20.9 Å². The smallest absolute Gasteiger partial charge is 0.267 e. The molecule has 0 saturated carbocycles. The third-order valence-corrected chi connectivity index (χ3v) is 5.83. The molecule has 0 aliphatic heterocycles. The molecule has 0 aliphatic rings. The van der Waals surface area contributed by atoms with Gasteiger partial charge in [-0.2, -0.15) is 0 Å². The largest absolute Gasteiger partial charge is 0.297 e. The molecule has 0 bridgehead atoms. The third-order valence-electron chi connectivity index (χ3n) is 3.87. The highest BCUT2D eigenvalue weighted by Gasteiger charge is 2.20. The van der Waals surface area contributed by atoms with Gasteiger partial charge in [0.1, 0.15) is 10.7 Å². The average molecular weight is 361 g/mol. The summed E-state index contributed by atoms with van der Waals surface area (Å²) in [5.41, 5.74) is 2.87. The Bertz CT molecular complexity index is 911. The summed E-state index contributed by atoms with van der Waals surface area (Å²) in [4.78, 5) is 27.8. The number of rotatable bonds is 4. The summed E-state index contributed by atoms with van der Waals surface area (Å²) in [6.45, 7) is 10.1. The summed E-state index contributed by atoms with van der Waals surface area (Å²) in [5.74, 6) is 1.04. The number of carbonyl (C=O) groups is 1. The van der Waals surface area contributed by atoms with Gasteiger partial charge in [0.2, 0.25) is 0 Å². The van der Waals surface area contributed by atoms with Crippen molar-refractivity contribution in [3.8, 4) is 0 Å². The molecule has 3 aromatic rings. The highest BCUT2D eigenvalue weighted by molar-refractivity contribution is 7.21. The maximum atomic E-state index is 12.7. The van der Waals surface area contributed by atoms with E-state index in [4.69, 9.17) is 0 Å². The molecule has 0 aromatic carbocycles. The minimum absolute atomic E-state index is 0.127. The highest BCUT2D eigenvalue weighted by atomic mass is 32.1. The number of hydrogen-bond donors (Lipinski definition) is 1. The lowest BCUT2D eigenvalue weighted by molar-refractivity contribution is 0.103. The predicted octanol–water partition coefficient (Wildman–Crippen LogP) is 4.70. The normalized spacial score (nSPS) is 11.4. The second kappa shape index (κ2) is 6.57. The zero-order valence-corrected chi connectivity index (χ0v) is 16.1. The van der Waals surface area contributed by atoms with Crippen molar-refractivity contribution in [1.82, 2.24) is 15.0 Å². The van der Waals surface area contributed by atoms with Crippen LogP contribution in [0.1, 0.15) is 59.1 Å². The molecule has 1 N–H and O–H groups in total. The molecule has 126 valence electrons. The summed E-state index contributed by atoms with van der Waals surface area (Å²) in [5, 5.41) is 6.53. The minimum atomic E-state index is -0.127. The van der Waals surface area contributed by atoms with E-state index in [1.165, 1.54) is 22.7 Å². The predicted molar refractivity (Wildman–Crippen MR) is 100 cm³/mol. The second-order valence-electron chi connectivity index (χ2n) is 6.00. The Balaban J connectivity index is 1.94. The number of aryl methyl sites for hydroxylation is 3. The summed E-state index contributed by atoms with van der Waals surface area (Å²) in [7, 11) is 0. The number of thiazole rings is 1. The van der Waals surface area contributed by atoms with Crippen molar-refractivity contribution in [2.24, 2.45) is 0 Å². The van der Waals surface area contributed by atoms with Gasteiger partial charge in [-0.1, -0.05) is 20.8 Å². The van der Waals surface area contributed by atoms with Gasteiger partial charge in [0.15, 0.2) is 5.13 Å². The van der Waals surface area contributed by atoms with Crippen molar-refractivity contribution in [3.05, 3.63) is 33.0 Å². The lowest BCUT2D eigenvalue weighted by Gasteiger charge is -2.02. The molecular weight excluding hydrogens is 340 g/mol. The molecule has 0 fully saturated rings. The molecule has 3 aromatic heterocycles. The van der Waals surface area contributed by atoms with Crippen molar-refractivity contribution in [3.63, 3.8) is 0 Å². The first-order valence-electron chi connectivity index (χ1n) is 7.94. The van der Waals surface area contributed by atoms with Crippen LogP contribution < -0.4 is 5.32 Å². The quantitative estimate of drug-likeness (QED) is 0.732. The highest BCUT2D eigenvalue weighted by Crippen LogP contribution is 2.32. The van der Waals surface area contributed by atoms with Crippen molar-refractivity contribution in [2.75, 3.05) is 5.32 Å². The number of nitrogens with one attached hydrogen (secondary N) is 1.